The first-order chi connectivity index (χ1) is 13.9. The van der Waals surface area contributed by atoms with E-state index in [0.29, 0.717) is 16.8 Å². The van der Waals surface area contributed by atoms with Crippen LogP contribution in [-0.4, -0.2) is 61.3 Å². The maximum atomic E-state index is 12.5. The number of carbonyl (C=O) groups excluding carboxylic acids is 3. The Morgan fingerprint density at radius 3 is 2.28 bits per heavy atom. The smallest absolute Gasteiger partial charge is 0.253 e. The highest BCUT2D eigenvalue weighted by molar-refractivity contribution is 5.97. The Kier molecular flexibility index (Phi) is 6.49. The zero-order chi connectivity index (χ0) is 20.8. The standard InChI is InChI=1S/C22H26N4O3/c1-25(2)21(28)16-8-10-18(11-9-16)24-20(27)15-23-19-7-5-6-17(14-19)22(29)26-12-3-4-13-26/h5-11,14,23H,3-4,12-13,15H2,1-2H3,(H,24,27). The summed E-state index contributed by atoms with van der Waals surface area (Å²) < 4.78 is 0. The van der Waals surface area contributed by atoms with E-state index in [1.165, 1.54) is 4.90 Å². The SMILES string of the molecule is CN(C)C(=O)c1ccc(NC(=O)CNc2cccc(C(=O)N3CCCC3)c2)cc1. The maximum Gasteiger partial charge on any atom is 0.253 e. The molecule has 1 fully saturated rings. The lowest BCUT2D eigenvalue weighted by Gasteiger charge is -2.16. The lowest BCUT2D eigenvalue weighted by atomic mass is 10.1. The summed E-state index contributed by atoms with van der Waals surface area (Å²) in [6.45, 7) is 1.68. The van der Waals surface area contributed by atoms with Gasteiger partial charge in [-0.25, -0.2) is 0 Å². The third kappa shape index (κ3) is 5.34. The third-order valence-corrected chi connectivity index (χ3v) is 4.78. The van der Waals surface area contributed by atoms with Crippen LogP contribution in [0, 0.1) is 0 Å². The van der Waals surface area contributed by atoms with Gasteiger partial charge in [-0.2, -0.15) is 0 Å². The number of rotatable bonds is 6. The molecule has 3 rings (SSSR count). The van der Waals surface area contributed by atoms with Crippen molar-refractivity contribution < 1.29 is 14.4 Å². The first-order valence-corrected chi connectivity index (χ1v) is 9.69. The van der Waals surface area contributed by atoms with Crippen LogP contribution in [0.4, 0.5) is 11.4 Å². The van der Waals surface area contributed by atoms with Gasteiger partial charge in [0.15, 0.2) is 0 Å². The van der Waals surface area contributed by atoms with Crippen LogP contribution < -0.4 is 10.6 Å². The number of nitrogens with zero attached hydrogens (tertiary/aromatic N) is 2. The zero-order valence-corrected chi connectivity index (χ0v) is 16.8. The average Bonchev–Trinajstić information content (AvgIpc) is 3.27. The molecular formula is C22H26N4O3. The highest BCUT2D eigenvalue weighted by Gasteiger charge is 2.19. The van der Waals surface area contributed by atoms with Crippen molar-refractivity contribution in [1.29, 1.82) is 0 Å². The summed E-state index contributed by atoms with van der Waals surface area (Å²) in [7, 11) is 3.38. The Hall–Kier alpha value is -3.35. The first-order valence-electron chi connectivity index (χ1n) is 9.69. The third-order valence-electron chi connectivity index (χ3n) is 4.78. The van der Waals surface area contributed by atoms with E-state index in [9.17, 15) is 14.4 Å². The van der Waals surface area contributed by atoms with Gasteiger partial charge < -0.3 is 20.4 Å². The van der Waals surface area contributed by atoms with Gasteiger partial charge in [-0.05, 0) is 55.3 Å². The van der Waals surface area contributed by atoms with Crippen molar-refractivity contribution in [2.45, 2.75) is 12.8 Å². The van der Waals surface area contributed by atoms with Gasteiger partial charge >= 0.3 is 0 Å². The quantitative estimate of drug-likeness (QED) is 0.789. The van der Waals surface area contributed by atoms with E-state index in [0.717, 1.165) is 31.6 Å². The van der Waals surface area contributed by atoms with Gasteiger partial charge in [0.25, 0.3) is 11.8 Å². The Morgan fingerprint density at radius 1 is 0.931 bits per heavy atom. The molecule has 0 unspecified atom stereocenters. The van der Waals surface area contributed by atoms with Gasteiger partial charge in [0.1, 0.15) is 0 Å². The number of carbonyl (C=O) groups is 3. The molecular weight excluding hydrogens is 368 g/mol. The summed E-state index contributed by atoms with van der Waals surface area (Å²) in [6, 6.07) is 14.0. The number of anilines is 2. The molecule has 3 amide bonds. The van der Waals surface area contributed by atoms with Crippen LogP contribution in [0.2, 0.25) is 0 Å². The van der Waals surface area contributed by atoms with Gasteiger partial charge in [-0.15, -0.1) is 0 Å². The number of benzene rings is 2. The Balaban J connectivity index is 1.53. The second-order valence-corrected chi connectivity index (χ2v) is 7.26. The highest BCUT2D eigenvalue weighted by Crippen LogP contribution is 2.16. The van der Waals surface area contributed by atoms with E-state index in [4.69, 9.17) is 0 Å². The van der Waals surface area contributed by atoms with E-state index in [-0.39, 0.29) is 24.3 Å². The van der Waals surface area contributed by atoms with Crippen molar-refractivity contribution in [2.24, 2.45) is 0 Å². The lowest BCUT2D eigenvalue weighted by molar-refractivity contribution is -0.114. The average molecular weight is 394 g/mol. The Labute approximate surface area is 170 Å². The number of amides is 3. The van der Waals surface area contributed by atoms with Crippen molar-refractivity contribution in [3.63, 3.8) is 0 Å². The zero-order valence-electron chi connectivity index (χ0n) is 16.8. The lowest BCUT2D eigenvalue weighted by Crippen LogP contribution is -2.27. The second-order valence-electron chi connectivity index (χ2n) is 7.26. The molecule has 1 aliphatic rings. The molecule has 0 aliphatic carbocycles. The number of hydrogen-bond acceptors (Lipinski definition) is 4. The summed E-state index contributed by atoms with van der Waals surface area (Å²) in [6.07, 6.45) is 2.10. The number of likely N-dealkylation sites (tertiary alicyclic amines) is 1. The summed E-state index contributed by atoms with van der Waals surface area (Å²) in [5.74, 6) is -0.274. The molecule has 7 heteroatoms. The summed E-state index contributed by atoms with van der Waals surface area (Å²) in [5, 5.41) is 5.84. The molecule has 2 N–H and O–H groups in total. The second kappa shape index (κ2) is 9.23. The molecule has 7 nitrogen and oxygen atoms in total. The van der Waals surface area contributed by atoms with Crippen molar-refractivity contribution in [2.75, 3.05) is 44.4 Å². The normalized spacial score (nSPS) is 13.1. The Morgan fingerprint density at radius 2 is 1.62 bits per heavy atom. The predicted octanol–water partition coefficient (Wildman–Crippen LogP) is 2.68. The van der Waals surface area contributed by atoms with E-state index < -0.39 is 0 Å². The molecule has 0 atom stereocenters. The minimum atomic E-state index is -0.215. The van der Waals surface area contributed by atoms with Crippen LogP contribution in [-0.2, 0) is 4.79 Å². The van der Waals surface area contributed by atoms with Gasteiger partial charge in [-0.1, -0.05) is 6.07 Å². The fourth-order valence-corrected chi connectivity index (χ4v) is 3.21. The van der Waals surface area contributed by atoms with Crippen LogP contribution in [0.15, 0.2) is 48.5 Å². The molecule has 0 saturated carbocycles. The highest BCUT2D eigenvalue weighted by atomic mass is 16.2. The van der Waals surface area contributed by atoms with Crippen molar-refractivity contribution in [3.8, 4) is 0 Å². The van der Waals surface area contributed by atoms with E-state index >= 15 is 0 Å². The van der Waals surface area contributed by atoms with Crippen LogP contribution in [0.5, 0.6) is 0 Å². The predicted molar refractivity (Wildman–Crippen MR) is 113 cm³/mol. The molecule has 152 valence electrons. The van der Waals surface area contributed by atoms with Crippen LogP contribution in [0.3, 0.4) is 0 Å². The summed E-state index contributed by atoms with van der Waals surface area (Å²) in [4.78, 5) is 40.0. The summed E-state index contributed by atoms with van der Waals surface area (Å²) >= 11 is 0. The van der Waals surface area contributed by atoms with Gasteiger partial charge in [0, 0.05) is 49.7 Å². The largest absolute Gasteiger partial charge is 0.376 e. The van der Waals surface area contributed by atoms with E-state index in [1.807, 2.05) is 17.0 Å². The van der Waals surface area contributed by atoms with E-state index in [2.05, 4.69) is 10.6 Å². The van der Waals surface area contributed by atoms with Crippen molar-refractivity contribution >= 4 is 29.1 Å². The van der Waals surface area contributed by atoms with Crippen molar-refractivity contribution in [1.82, 2.24) is 9.80 Å². The fraction of sp³-hybridized carbons (Fsp3) is 0.318. The topological polar surface area (TPSA) is 81.8 Å². The molecule has 1 saturated heterocycles. The summed E-state index contributed by atoms with van der Waals surface area (Å²) in [5.41, 5.74) is 2.52. The van der Waals surface area contributed by atoms with Gasteiger partial charge in [0.2, 0.25) is 5.91 Å². The van der Waals surface area contributed by atoms with E-state index in [1.54, 1.807) is 50.5 Å². The molecule has 1 heterocycles. The van der Waals surface area contributed by atoms with Gasteiger partial charge in [0.05, 0.1) is 6.54 Å². The molecule has 0 spiro atoms. The Bertz CT molecular complexity index is 887. The fourth-order valence-electron chi connectivity index (χ4n) is 3.21. The van der Waals surface area contributed by atoms with Crippen LogP contribution >= 0.6 is 0 Å². The minimum absolute atomic E-state index is 0.0305. The molecule has 0 bridgehead atoms. The molecule has 1 aliphatic heterocycles. The maximum absolute atomic E-state index is 12.5. The number of hydrogen-bond donors (Lipinski definition) is 2. The first kappa shape index (κ1) is 20.4. The minimum Gasteiger partial charge on any atom is -0.376 e. The monoisotopic (exact) mass is 394 g/mol. The molecule has 29 heavy (non-hydrogen) atoms. The molecule has 2 aromatic carbocycles. The van der Waals surface area contributed by atoms with Crippen molar-refractivity contribution in [3.05, 3.63) is 59.7 Å². The van der Waals surface area contributed by atoms with Gasteiger partial charge in [-0.3, -0.25) is 14.4 Å². The number of nitrogens with one attached hydrogen (secondary N) is 2. The molecule has 2 aromatic rings. The van der Waals surface area contributed by atoms with Crippen LogP contribution in [0.1, 0.15) is 33.6 Å². The molecule has 0 aromatic heterocycles. The molecule has 0 radical (unpaired) electrons. The van der Waals surface area contributed by atoms with Crippen LogP contribution in [0.25, 0.3) is 0 Å².